The highest BCUT2D eigenvalue weighted by atomic mass is 16.5. The molecule has 1 amide bonds. The minimum Gasteiger partial charge on any atom is -0.455 e. The second kappa shape index (κ2) is 7.36. The number of nitriles is 1. The van der Waals surface area contributed by atoms with E-state index in [1.165, 1.54) is 10.6 Å². The van der Waals surface area contributed by atoms with Crippen molar-refractivity contribution in [3.8, 4) is 17.6 Å². The molecule has 6 heteroatoms. The smallest absolute Gasteiger partial charge is 0.274 e. The first kappa shape index (κ1) is 17.0. The van der Waals surface area contributed by atoms with Gasteiger partial charge in [0.1, 0.15) is 23.3 Å². The molecule has 0 saturated heterocycles. The number of hydrogen-bond donors (Lipinski definition) is 1. The lowest BCUT2D eigenvalue weighted by Gasteiger charge is -2.12. The van der Waals surface area contributed by atoms with Crippen LogP contribution in [0.25, 0.3) is 0 Å². The van der Waals surface area contributed by atoms with E-state index in [1.54, 1.807) is 67.8 Å². The summed E-state index contributed by atoms with van der Waals surface area (Å²) >= 11 is 0. The third kappa shape index (κ3) is 3.47. The number of hydrogen-bond acceptors (Lipinski definition) is 4. The predicted octanol–water partition coefficient (Wildman–Crippen LogP) is 3.30. The molecule has 3 rings (SSSR count). The lowest BCUT2D eigenvalue weighted by molar-refractivity contribution is 0.102. The SMILES string of the molecule is Cn1cccc(NC(=O)c2ccccc2Oc2ccccc2C#N)c1=O. The normalized spacial score (nSPS) is 10.0. The van der Waals surface area contributed by atoms with E-state index < -0.39 is 5.91 Å². The Labute approximate surface area is 149 Å². The molecule has 26 heavy (non-hydrogen) atoms. The second-order valence-corrected chi connectivity index (χ2v) is 5.50. The quantitative estimate of drug-likeness (QED) is 0.786. The molecule has 0 aliphatic carbocycles. The number of anilines is 1. The Hall–Kier alpha value is -3.85. The van der Waals surface area contributed by atoms with Crippen molar-refractivity contribution in [3.05, 3.63) is 88.3 Å². The van der Waals surface area contributed by atoms with E-state index in [2.05, 4.69) is 5.32 Å². The van der Waals surface area contributed by atoms with Gasteiger partial charge in [-0.15, -0.1) is 0 Å². The van der Waals surface area contributed by atoms with Gasteiger partial charge < -0.3 is 14.6 Å². The van der Waals surface area contributed by atoms with Gasteiger partial charge in [0.15, 0.2) is 0 Å². The molecule has 0 aliphatic rings. The minimum atomic E-state index is -0.474. The number of ether oxygens (including phenoxy) is 1. The van der Waals surface area contributed by atoms with Gasteiger partial charge in [-0.25, -0.2) is 0 Å². The molecule has 0 atom stereocenters. The Balaban J connectivity index is 1.92. The van der Waals surface area contributed by atoms with Crippen LogP contribution in [0.2, 0.25) is 0 Å². The molecule has 0 bridgehead atoms. The summed E-state index contributed by atoms with van der Waals surface area (Å²) in [5.74, 6) is 0.171. The first-order valence-electron chi connectivity index (χ1n) is 7.83. The molecule has 0 radical (unpaired) electrons. The van der Waals surface area contributed by atoms with Gasteiger partial charge in [-0.1, -0.05) is 24.3 Å². The average Bonchev–Trinajstić information content (AvgIpc) is 2.66. The first-order chi connectivity index (χ1) is 12.6. The fourth-order valence-electron chi connectivity index (χ4n) is 2.39. The Morgan fingerprint density at radius 1 is 1.04 bits per heavy atom. The zero-order valence-electron chi connectivity index (χ0n) is 14.0. The Bertz CT molecular complexity index is 1060. The summed E-state index contributed by atoms with van der Waals surface area (Å²) in [4.78, 5) is 24.7. The standard InChI is InChI=1S/C20H15N3O3/c1-23-12-6-9-16(20(23)25)22-19(24)15-8-3-5-11-18(15)26-17-10-4-2-7-14(17)13-21/h2-12H,1H3,(H,22,24). The second-order valence-electron chi connectivity index (χ2n) is 5.50. The zero-order valence-corrected chi connectivity index (χ0v) is 14.0. The van der Waals surface area contributed by atoms with Crippen molar-refractivity contribution in [2.45, 2.75) is 0 Å². The highest BCUT2D eigenvalue weighted by Gasteiger charge is 2.15. The van der Waals surface area contributed by atoms with Crippen LogP contribution >= 0.6 is 0 Å². The molecule has 1 heterocycles. The number of carbonyl (C=O) groups excluding carboxylic acids is 1. The number of nitrogens with one attached hydrogen (secondary N) is 1. The van der Waals surface area contributed by atoms with E-state index in [4.69, 9.17) is 4.74 Å². The van der Waals surface area contributed by atoms with Gasteiger partial charge in [0, 0.05) is 13.2 Å². The molecule has 1 N–H and O–H groups in total. The first-order valence-corrected chi connectivity index (χ1v) is 7.83. The van der Waals surface area contributed by atoms with E-state index in [0.717, 1.165) is 0 Å². The molecule has 1 aromatic heterocycles. The number of aromatic nitrogens is 1. The Morgan fingerprint density at radius 3 is 2.50 bits per heavy atom. The summed E-state index contributed by atoms with van der Waals surface area (Å²) in [6.45, 7) is 0. The monoisotopic (exact) mass is 345 g/mol. The average molecular weight is 345 g/mol. The summed E-state index contributed by atoms with van der Waals surface area (Å²) in [6, 6.07) is 18.7. The Kier molecular flexibility index (Phi) is 4.81. The third-order valence-corrected chi connectivity index (χ3v) is 3.73. The fraction of sp³-hybridized carbons (Fsp3) is 0.0500. The molecule has 0 aliphatic heterocycles. The number of aryl methyl sites for hydroxylation is 1. The number of amides is 1. The molecule has 3 aromatic rings. The van der Waals surface area contributed by atoms with Crippen LogP contribution < -0.4 is 15.6 Å². The van der Waals surface area contributed by atoms with Crippen LogP contribution in [0.3, 0.4) is 0 Å². The molecule has 6 nitrogen and oxygen atoms in total. The number of para-hydroxylation sites is 2. The highest BCUT2D eigenvalue weighted by molar-refractivity contribution is 6.06. The summed E-state index contributed by atoms with van der Waals surface area (Å²) in [5, 5.41) is 11.8. The lowest BCUT2D eigenvalue weighted by Crippen LogP contribution is -2.23. The van der Waals surface area contributed by atoms with E-state index in [1.807, 2.05) is 6.07 Å². The fourth-order valence-corrected chi connectivity index (χ4v) is 2.39. The van der Waals surface area contributed by atoms with Gasteiger partial charge in [-0.3, -0.25) is 9.59 Å². The molecule has 0 unspecified atom stereocenters. The number of nitrogens with zero attached hydrogens (tertiary/aromatic N) is 2. The maximum Gasteiger partial charge on any atom is 0.274 e. The maximum atomic E-state index is 12.6. The van der Waals surface area contributed by atoms with E-state index in [0.29, 0.717) is 17.1 Å². The maximum absolute atomic E-state index is 12.6. The van der Waals surface area contributed by atoms with Crippen molar-refractivity contribution in [3.63, 3.8) is 0 Å². The zero-order chi connectivity index (χ0) is 18.5. The van der Waals surface area contributed by atoms with Crippen molar-refractivity contribution in [2.75, 3.05) is 5.32 Å². The number of rotatable bonds is 4. The topological polar surface area (TPSA) is 84.1 Å². The molecule has 0 spiro atoms. The summed E-state index contributed by atoms with van der Waals surface area (Å²) in [6.07, 6.45) is 1.61. The van der Waals surface area contributed by atoms with Crippen LogP contribution in [0, 0.1) is 11.3 Å². The minimum absolute atomic E-state index is 0.173. The van der Waals surface area contributed by atoms with Crippen LogP contribution in [-0.2, 0) is 7.05 Å². The van der Waals surface area contributed by atoms with Gasteiger partial charge in [-0.05, 0) is 36.4 Å². The van der Waals surface area contributed by atoms with Crippen LogP contribution in [0.1, 0.15) is 15.9 Å². The molecule has 2 aromatic carbocycles. The summed E-state index contributed by atoms with van der Waals surface area (Å²) < 4.78 is 7.15. The molecule has 128 valence electrons. The van der Waals surface area contributed by atoms with Crippen LogP contribution in [0.5, 0.6) is 11.5 Å². The highest BCUT2D eigenvalue weighted by Crippen LogP contribution is 2.28. The largest absolute Gasteiger partial charge is 0.455 e. The van der Waals surface area contributed by atoms with Crippen molar-refractivity contribution < 1.29 is 9.53 Å². The third-order valence-electron chi connectivity index (χ3n) is 3.73. The van der Waals surface area contributed by atoms with Gasteiger partial charge >= 0.3 is 0 Å². The van der Waals surface area contributed by atoms with Crippen molar-refractivity contribution >= 4 is 11.6 Å². The summed E-state index contributed by atoms with van der Waals surface area (Å²) in [5.41, 5.74) is 0.479. The van der Waals surface area contributed by atoms with Gasteiger partial charge in [0.05, 0.1) is 11.1 Å². The van der Waals surface area contributed by atoms with E-state index in [-0.39, 0.29) is 16.8 Å². The number of benzene rings is 2. The van der Waals surface area contributed by atoms with E-state index in [9.17, 15) is 14.9 Å². The van der Waals surface area contributed by atoms with Crippen LogP contribution in [0.15, 0.2) is 71.7 Å². The molecular weight excluding hydrogens is 330 g/mol. The van der Waals surface area contributed by atoms with Crippen molar-refractivity contribution in [1.29, 1.82) is 5.26 Å². The van der Waals surface area contributed by atoms with Crippen LogP contribution in [-0.4, -0.2) is 10.5 Å². The van der Waals surface area contributed by atoms with Crippen LogP contribution in [0.4, 0.5) is 5.69 Å². The molecular formula is C20H15N3O3. The van der Waals surface area contributed by atoms with Gasteiger partial charge in [-0.2, -0.15) is 5.26 Å². The predicted molar refractivity (Wildman–Crippen MR) is 97.3 cm³/mol. The molecule has 0 fully saturated rings. The summed E-state index contributed by atoms with van der Waals surface area (Å²) in [7, 11) is 1.61. The van der Waals surface area contributed by atoms with Gasteiger partial charge in [0.2, 0.25) is 0 Å². The van der Waals surface area contributed by atoms with E-state index >= 15 is 0 Å². The Morgan fingerprint density at radius 2 is 1.73 bits per heavy atom. The number of pyridine rings is 1. The van der Waals surface area contributed by atoms with Gasteiger partial charge in [0.25, 0.3) is 11.5 Å². The number of carbonyl (C=O) groups is 1. The lowest BCUT2D eigenvalue weighted by atomic mass is 10.1. The van der Waals surface area contributed by atoms with Crippen molar-refractivity contribution in [1.82, 2.24) is 4.57 Å². The van der Waals surface area contributed by atoms with Crippen molar-refractivity contribution in [2.24, 2.45) is 7.05 Å². The molecule has 0 saturated carbocycles.